The molecule has 0 spiro atoms. The third kappa shape index (κ3) is 4.75. The molecule has 1 N–H and O–H groups in total. The van der Waals surface area contributed by atoms with Gasteiger partial charge in [0.1, 0.15) is 11.5 Å². The molecular formula is C30H29N3O4S. The Labute approximate surface area is 225 Å². The Bertz CT molecular complexity index is 1490. The number of benzene rings is 3. The molecule has 1 saturated heterocycles. The van der Waals surface area contributed by atoms with Crippen LogP contribution >= 0.6 is 11.3 Å². The number of Topliss-reactive ketones (excluding diaryl/α,β-unsaturated/α-hetero) is 1. The lowest BCUT2D eigenvalue weighted by Crippen LogP contribution is -2.29. The van der Waals surface area contributed by atoms with Crippen LogP contribution in [0.3, 0.4) is 0 Å². The van der Waals surface area contributed by atoms with Gasteiger partial charge in [-0.25, -0.2) is 4.98 Å². The molecule has 0 saturated carbocycles. The van der Waals surface area contributed by atoms with Crippen LogP contribution in [0.1, 0.15) is 31.0 Å². The summed E-state index contributed by atoms with van der Waals surface area (Å²) in [5.41, 5.74) is 2.88. The van der Waals surface area contributed by atoms with Crippen molar-refractivity contribution in [1.82, 2.24) is 4.98 Å². The number of ketones is 1. The molecule has 0 radical (unpaired) electrons. The smallest absolute Gasteiger partial charge is 0.301 e. The van der Waals surface area contributed by atoms with Crippen molar-refractivity contribution in [3.63, 3.8) is 0 Å². The number of amides is 1. The van der Waals surface area contributed by atoms with Crippen molar-refractivity contribution in [3.8, 4) is 5.75 Å². The standard InChI is InChI=1S/C30H29N3O4S/c1-18(2)17-37-22-15-11-20(12-16-22)27(34)25-26(19-9-13-21(14-10-19)32(3)4)33(29(36)28(25)35)30-31-23-7-5-6-8-24(23)38-30/h5-16,18,26,34H,17H2,1-4H3/b27-25+. The molecule has 1 aromatic heterocycles. The molecule has 194 valence electrons. The molecule has 1 fully saturated rings. The summed E-state index contributed by atoms with van der Waals surface area (Å²) < 4.78 is 6.66. The lowest BCUT2D eigenvalue weighted by Gasteiger charge is -2.23. The Hall–Kier alpha value is -4.17. The fraction of sp³-hybridized carbons (Fsp3) is 0.233. The summed E-state index contributed by atoms with van der Waals surface area (Å²) >= 11 is 1.34. The van der Waals surface area contributed by atoms with Crippen molar-refractivity contribution in [3.05, 3.63) is 89.5 Å². The lowest BCUT2D eigenvalue weighted by molar-refractivity contribution is -0.132. The van der Waals surface area contributed by atoms with Gasteiger partial charge in [-0.3, -0.25) is 14.5 Å². The van der Waals surface area contributed by atoms with Crippen molar-refractivity contribution in [2.75, 3.05) is 30.5 Å². The number of carbonyl (C=O) groups excluding carboxylic acids is 2. The van der Waals surface area contributed by atoms with Crippen LogP contribution in [-0.4, -0.2) is 42.5 Å². The predicted octanol–water partition coefficient (Wildman–Crippen LogP) is 6.02. The number of para-hydroxylation sites is 1. The summed E-state index contributed by atoms with van der Waals surface area (Å²) in [5, 5.41) is 11.8. The van der Waals surface area contributed by atoms with E-state index in [0.29, 0.717) is 34.5 Å². The number of aliphatic hydroxyl groups excluding tert-OH is 1. The summed E-state index contributed by atoms with van der Waals surface area (Å²) in [5.74, 6) is -0.654. The first-order valence-electron chi connectivity index (χ1n) is 12.4. The fourth-order valence-corrected chi connectivity index (χ4v) is 5.38. The van der Waals surface area contributed by atoms with E-state index >= 15 is 0 Å². The second-order valence-electron chi connectivity index (χ2n) is 9.85. The average molecular weight is 528 g/mol. The highest BCUT2D eigenvalue weighted by Gasteiger charge is 2.48. The van der Waals surface area contributed by atoms with E-state index in [0.717, 1.165) is 15.9 Å². The summed E-state index contributed by atoms with van der Waals surface area (Å²) in [7, 11) is 3.88. The van der Waals surface area contributed by atoms with Gasteiger partial charge in [-0.2, -0.15) is 0 Å². The number of thiazole rings is 1. The van der Waals surface area contributed by atoms with E-state index in [9.17, 15) is 14.7 Å². The van der Waals surface area contributed by atoms with Crippen LogP contribution in [0.5, 0.6) is 5.75 Å². The van der Waals surface area contributed by atoms with Crippen LogP contribution in [0.15, 0.2) is 78.4 Å². The second kappa shape index (κ2) is 10.3. The number of rotatable bonds is 7. The summed E-state index contributed by atoms with van der Waals surface area (Å²) in [6, 6.07) is 21.3. The average Bonchev–Trinajstić information content (AvgIpc) is 3.45. The number of carbonyl (C=O) groups is 2. The minimum Gasteiger partial charge on any atom is -0.507 e. The second-order valence-corrected chi connectivity index (χ2v) is 10.9. The molecule has 1 aliphatic heterocycles. The van der Waals surface area contributed by atoms with E-state index < -0.39 is 17.7 Å². The van der Waals surface area contributed by atoms with Crippen LogP contribution in [0, 0.1) is 5.92 Å². The highest BCUT2D eigenvalue weighted by molar-refractivity contribution is 7.22. The Balaban J connectivity index is 1.62. The minimum absolute atomic E-state index is 0.0303. The first kappa shape index (κ1) is 25.5. The molecular weight excluding hydrogens is 498 g/mol. The third-order valence-corrected chi connectivity index (χ3v) is 7.41. The number of ether oxygens (including phenoxy) is 1. The van der Waals surface area contributed by atoms with Gasteiger partial charge in [-0.1, -0.05) is 49.4 Å². The van der Waals surface area contributed by atoms with Crippen molar-refractivity contribution in [2.45, 2.75) is 19.9 Å². The molecule has 7 nitrogen and oxygen atoms in total. The van der Waals surface area contributed by atoms with Gasteiger partial charge in [0.05, 0.1) is 28.4 Å². The van der Waals surface area contributed by atoms with E-state index in [2.05, 4.69) is 18.8 Å². The van der Waals surface area contributed by atoms with Crippen LogP contribution in [0.25, 0.3) is 16.0 Å². The van der Waals surface area contributed by atoms with E-state index in [1.165, 1.54) is 16.2 Å². The number of nitrogens with zero attached hydrogens (tertiary/aromatic N) is 3. The summed E-state index contributed by atoms with van der Waals surface area (Å²) in [4.78, 5) is 34.9. The number of fused-ring (bicyclic) bond motifs is 1. The lowest BCUT2D eigenvalue weighted by atomic mass is 9.95. The van der Waals surface area contributed by atoms with Gasteiger partial charge in [0.15, 0.2) is 5.13 Å². The molecule has 0 bridgehead atoms. The Morgan fingerprint density at radius 1 is 1.03 bits per heavy atom. The highest BCUT2D eigenvalue weighted by Crippen LogP contribution is 2.44. The van der Waals surface area contributed by atoms with Gasteiger partial charge in [-0.15, -0.1) is 0 Å². The number of hydrogen-bond donors (Lipinski definition) is 1. The zero-order valence-electron chi connectivity index (χ0n) is 21.7. The third-order valence-electron chi connectivity index (χ3n) is 6.37. The van der Waals surface area contributed by atoms with E-state index in [4.69, 9.17) is 4.74 Å². The number of aliphatic hydroxyl groups is 1. The van der Waals surface area contributed by atoms with Gasteiger partial charge >= 0.3 is 5.91 Å². The Morgan fingerprint density at radius 3 is 2.34 bits per heavy atom. The van der Waals surface area contributed by atoms with E-state index in [-0.39, 0.29) is 11.3 Å². The summed E-state index contributed by atoms with van der Waals surface area (Å²) in [6.07, 6.45) is 0. The van der Waals surface area contributed by atoms with Gasteiger partial charge in [0.2, 0.25) is 0 Å². The number of anilines is 2. The van der Waals surface area contributed by atoms with Gasteiger partial charge in [-0.05, 0) is 60.0 Å². The predicted molar refractivity (Wildman–Crippen MR) is 152 cm³/mol. The molecule has 0 aliphatic carbocycles. The molecule has 3 aromatic carbocycles. The van der Waals surface area contributed by atoms with Crippen molar-refractivity contribution < 1.29 is 19.4 Å². The topological polar surface area (TPSA) is 83.0 Å². The van der Waals surface area contributed by atoms with Gasteiger partial charge < -0.3 is 14.7 Å². The Morgan fingerprint density at radius 2 is 1.71 bits per heavy atom. The largest absolute Gasteiger partial charge is 0.507 e. The Kier molecular flexibility index (Phi) is 6.91. The molecule has 38 heavy (non-hydrogen) atoms. The minimum atomic E-state index is -0.830. The van der Waals surface area contributed by atoms with Crippen LogP contribution < -0.4 is 14.5 Å². The maximum Gasteiger partial charge on any atom is 0.301 e. The van der Waals surface area contributed by atoms with Crippen LogP contribution in [-0.2, 0) is 9.59 Å². The van der Waals surface area contributed by atoms with Gasteiger partial charge in [0, 0.05) is 25.3 Å². The molecule has 1 unspecified atom stereocenters. The maximum absolute atomic E-state index is 13.5. The SMILES string of the molecule is CC(C)COc1ccc(/C(O)=C2\C(=O)C(=O)N(c3nc4ccccc4s3)C2c2ccc(N(C)C)cc2)cc1. The van der Waals surface area contributed by atoms with Crippen molar-refractivity contribution in [1.29, 1.82) is 0 Å². The number of aromatic nitrogens is 1. The molecule has 1 aliphatic rings. The molecule has 1 amide bonds. The maximum atomic E-state index is 13.5. The molecule has 4 aromatic rings. The van der Waals surface area contributed by atoms with E-state index in [1.807, 2.05) is 67.5 Å². The zero-order valence-corrected chi connectivity index (χ0v) is 22.5. The van der Waals surface area contributed by atoms with Gasteiger partial charge in [0.25, 0.3) is 5.78 Å². The van der Waals surface area contributed by atoms with Crippen molar-refractivity contribution in [2.24, 2.45) is 5.92 Å². The highest BCUT2D eigenvalue weighted by atomic mass is 32.1. The van der Waals surface area contributed by atoms with Crippen LogP contribution in [0.4, 0.5) is 10.8 Å². The summed E-state index contributed by atoms with van der Waals surface area (Å²) in [6.45, 7) is 4.70. The number of hydrogen-bond acceptors (Lipinski definition) is 7. The zero-order chi connectivity index (χ0) is 27.0. The first-order chi connectivity index (χ1) is 18.2. The molecule has 2 heterocycles. The van der Waals surface area contributed by atoms with Crippen LogP contribution in [0.2, 0.25) is 0 Å². The fourth-order valence-electron chi connectivity index (χ4n) is 4.39. The van der Waals surface area contributed by atoms with Crippen molar-refractivity contribution >= 4 is 49.8 Å². The quantitative estimate of drug-likeness (QED) is 0.180. The molecule has 1 atom stereocenters. The van der Waals surface area contributed by atoms with E-state index in [1.54, 1.807) is 24.3 Å². The normalized spacial score (nSPS) is 17.0. The first-order valence-corrected chi connectivity index (χ1v) is 13.2. The molecule has 5 rings (SSSR count). The molecule has 8 heteroatoms. The monoisotopic (exact) mass is 527 g/mol.